The zero-order valence-electron chi connectivity index (χ0n) is 10.8. The Labute approximate surface area is 135 Å². The highest BCUT2D eigenvalue weighted by Gasteiger charge is 2.05. The van der Waals surface area contributed by atoms with Crippen molar-refractivity contribution in [2.24, 2.45) is 0 Å². The summed E-state index contributed by atoms with van der Waals surface area (Å²) in [6.45, 7) is 0.414. The molecule has 4 heteroatoms. The third kappa shape index (κ3) is 5.10. The second-order valence-corrected chi connectivity index (χ2v) is 6.23. The summed E-state index contributed by atoms with van der Waals surface area (Å²) >= 11 is 6.76. The van der Waals surface area contributed by atoms with E-state index in [-0.39, 0.29) is 5.97 Å². The van der Waals surface area contributed by atoms with Crippen LogP contribution in [0, 0.1) is 0 Å². The Kier molecular flexibility index (Phi) is 5.80. The van der Waals surface area contributed by atoms with Gasteiger partial charge in [-0.05, 0) is 35.4 Å². The first-order chi connectivity index (χ1) is 9.63. The molecule has 0 heterocycles. The van der Waals surface area contributed by atoms with Gasteiger partial charge < -0.3 is 4.74 Å². The van der Waals surface area contributed by atoms with E-state index in [1.54, 1.807) is 0 Å². The van der Waals surface area contributed by atoms with E-state index in [2.05, 4.69) is 31.9 Å². The number of hydrogen-bond acceptors (Lipinski definition) is 2. The third-order valence-corrected chi connectivity index (χ3v) is 3.89. The van der Waals surface area contributed by atoms with Gasteiger partial charge in [-0.2, -0.15) is 0 Å². The molecule has 0 N–H and O–H groups in total. The van der Waals surface area contributed by atoms with Gasteiger partial charge in [0.1, 0.15) is 0 Å². The Morgan fingerprint density at radius 1 is 0.850 bits per heavy atom. The summed E-state index contributed by atoms with van der Waals surface area (Å²) in [5, 5.41) is 0. The molecule has 2 aromatic rings. The highest BCUT2D eigenvalue weighted by atomic mass is 79.9. The number of hydrogen-bond donors (Lipinski definition) is 0. The van der Waals surface area contributed by atoms with Crippen molar-refractivity contribution in [1.29, 1.82) is 0 Å². The van der Waals surface area contributed by atoms with Crippen LogP contribution in [0.2, 0.25) is 0 Å². The fraction of sp³-hybridized carbons (Fsp3) is 0.188. The molecule has 0 amide bonds. The lowest BCUT2D eigenvalue weighted by atomic mass is 10.1. The Morgan fingerprint density at radius 2 is 1.35 bits per heavy atom. The van der Waals surface area contributed by atoms with Gasteiger partial charge in [0, 0.05) is 15.4 Å². The molecule has 20 heavy (non-hydrogen) atoms. The van der Waals surface area contributed by atoms with Crippen molar-refractivity contribution in [2.75, 3.05) is 6.61 Å². The van der Waals surface area contributed by atoms with Crippen LogP contribution in [-0.2, 0) is 22.4 Å². The molecule has 0 unspecified atom stereocenters. The van der Waals surface area contributed by atoms with Gasteiger partial charge in [-0.1, -0.05) is 56.1 Å². The second-order valence-electron chi connectivity index (χ2n) is 4.40. The van der Waals surface area contributed by atoms with Crippen LogP contribution >= 0.6 is 31.9 Å². The maximum atomic E-state index is 11.7. The SMILES string of the molecule is O=C(Cc1ccc(Br)cc1)OCCc1ccc(Br)cc1. The molecule has 2 rings (SSSR count). The maximum absolute atomic E-state index is 11.7. The molecular formula is C16H14Br2O2. The monoisotopic (exact) mass is 396 g/mol. The van der Waals surface area contributed by atoms with Crippen molar-refractivity contribution in [3.05, 3.63) is 68.6 Å². The van der Waals surface area contributed by atoms with Crippen LogP contribution in [0.5, 0.6) is 0 Å². The van der Waals surface area contributed by atoms with Crippen molar-refractivity contribution in [2.45, 2.75) is 12.8 Å². The molecule has 0 aliphatic rings. The highest BCUT2D eigenvalue weighted by molar-refractivity contribution is 9.10. The van der Waals surface area contributed by atoms with E-state index >= 15 is 0 Å². The molecule has 0 radical (unpaired) electrons. The number of halogens is 2. The number of carbonyl (C=O) groups is 1. The van der Waals surface area contributed by atoms with Crippen LogP contribution in [0.15, 0.2) is 57.5 Å². The van der Waals surface area contributed by atoms with Crippen molar-refractivity contribution >= 4 is 37.8 Å². The molecule has 2 aromatic carbocycles. The molecule has 0 fully saturated rings. The average Bonchev–Trinajstić information content (AvgIpc) is 2.44. The van der Waals surface area contributed by atoms with Gasteiger partial charge in [0.05, 0.1) is 13.0 Å². The minimum absolute atomic E-state index is 0.190. The van der Waals surface area contributed by atoms with E-state index in [1.165, 1.54) is 0 Å². The van der Waals surface area contributed by atoms with Crippen molar-refractivity contribution in [3.8, 4) is 0 Å². The van der Waals surface area contributed by atoms with Crippen LogP contribution in [0.3, 0.4) is 0 Å². The molecule has 0 atom stereocenters. The fourth-order valence-electron chi connectivity index (χ4n) is 1.75. The lowest BCUT2D eigenvalue weighted by Gasteiger charge is -2.05. The third-order valence-electron chi connectivity index (χ3n) is 2.83. The van der Waals surface area contributed by atoms with Gasteiger partial charge >= 0.3 is 5.97 Å². The second kappa shape index (κ2) is 7.60. The Balaban J connectivity index is 1.75. The first-order valence-electron chi connectivity index (χ1n) is 6.28. The Bertz CT molecular complexity index is 562. The fourth-order valence-corrected chi connectivity index (χ4v) is 2.28. The summed E-state index contributed by atoms with van der Waals surface area (Å²) in [4.78, 5) is 11.7. The molecule has 0 spiro atoms. The van der Waals surface area contributed by atoms with Crippen molar-refractivity contribution < 1.29 is 9.53 Å². The molecule has 0 aliphatic heterocycles. The zero-order chi connectivity index (χ0) is 14.4. The van der Waals surface area contributed by atoms with Crippen LogP contribution in [0.25, 0.3) is 0 Å². The van der Waals surface area contributed by atoms with Gasteiger partial charge in [-0.15, -0.1) is 0 Å². The first-order valence-corrected chi connectivity index (χ1v) is 7.86. The largest absolute Gasteiger partial charge is 0.465 e. The Morgan fingerprint density at radius 3 is 1.90 bits per heavy atom. The number of benzene rings is 2. The van der Waals surface area contributed by atoms with E-state index in [0.717, 1.165) is 26.5 Å². The van der Waals surface area contributed by atoms with Crippen molar-refractivity contribution in [1.82, 2.24) is 0 Å². The molecule has 0 bridgehead atoms. The molecule has 0 aliphatic carbocycles. The molecule has 0 aromatic heterocycles. The normalized spacial score (nSPS) is 10.3. The van der Waals surface area contributed by atoms with E-state index < -0.39 is 0 Å². The number of esters is 1. The van der Waals surface area contributed by atoms with Gasteiger partial charge in [-0.3, -0.25) is 4.79 Å². The smallest absolute Gasteiger partial charge is 0.310 e. The van der Waals surface area contributed by atoms with Gasteiger partial charge in [0.2, 0.25) is 0 Å². The van der Waals surface area contributed by atoms with Crippen LogP contribution in [0.1, 0.15) is 11.1 Å². The number of ether oxygens (including phenoxy) is 1. The zero-order valence-corrected chi connectivity index (χ0v) is 14.0. The molecule has 104 valence electrons. The number of carbonyl (C=O) groups excluding carboxylic acids is 1. The standard InChI is InChI=1S/C16H14Br2O2/c17-14-5-1-12(2-6-14)9-10-20-16(19)11-13-3-7-15(18)8-4-13/h1-8H,9-11H2. The van der Waals surface area contributed by atoms with Gasteiger partial charge in [-0.25, -0.2) is 0 Å². The van der Waals surface area contributed by atoms with Gasteiger partial charge in [0.15, 0.2) is 0 Å². The predicted octanol–water partition coefficient (Wildman–Crippen LogP) is 4.54. The predicted molar refractivity (Wildman–Crippen MR) is 86.7 cm³/mol. The topological polar surface area (TPSA) is 26.3 Å². The molecular weight excluding hydrogens is 384 g/mol. The lowest BCUT2D eigenvalue weighted by Crippen LogP contribution is -2.10. The van der Waals surface area contributed by atoms with E-state index in [0.29, 0.717) is 13.0 Å². The lowest BCUT2D eigenvalue weighted by molar-refractivity contribution is -0.142. The summed E-state index contributed by atoms with van der Waals surface area (Å²) < 4.78 is 7.30. The number of rotatable bonds is 5. The van der Waals surface area contributed by atoms with E-state index in [4.69, 9.17) is 4.74 Å². The summed E-state index contributed by atoms with van der Waals surface area (Å²) in [6.07, 6.45) is 1.05. The summed E-state index contributed by atoms with van der Waals surface area (Å²) in [6, 6.07) is 15.7. The summed E-state index contributed by atoms with van der Waals surface area (Å²) in [7, 11) is 0. The van der Waals surface area contributed by atoms with E-state index in [1.807, 2.05) is 48.5 Å². The first kappa shape index (κ1) is 15.3. The quantitative estimate of drug-likeness (QED) is 0.692. The molecule has 0 saturated heterocycles. The minimum atomic E-state index is -0.190. The Hall–Kier alpha value is -1.13. The molecule has 2 nitrogen and oxygen atoms in total. The maximum Gasteiger partial charge on any atom is 0.310 e. The van der Waals surface area contributed by atoms with E-state index in [9.17, 15) is 4.79 Å². The van der Waals surface area contributed by atoms with Crippen LogP contribution in [0.4, 0.5) is 0 Å². The van der Waals surface area contributed by atoms with Gasteiger partial charge in [0.25, 0.3) is 0 Å². The van der Waals surface area contributed by atoms with Crippen molar-refractivity contribution in [3.63, 3.8) is 0 Å². The minimum Gasteiger partial charge on any atom is -0.465 e. The van der Waals surface area contributed by atoms with Crippen LogP contribution < -0.4 is 0 Å². The summed E-state index contributed by atoms with van der Waals surface area (Å²) in [5.41, 5.74) is 2.12. The average molecular weight is 398 g/mol. The van der Waals surface area contributed by atoms with Crippen LogP contribution in [-0.4, -0.2) is 12.6 Å². The molecule has 0 saturated carbocycles. The highest BCUT2D eigenvalue weighted by Crippen LogP contribution is 2.12. The summed E-state index contributed by atoms with van der Waals surface area (Å²) in [5.74, 6) is -0.190.